The summed E-state index contributed by atoms with van der Waals surface area (Å²) >= 11 is 12.5. The maximum atomic E-state index is 13.0. The standard InChI is InChI=1S/C18H12Cl2N2O2/c19-11-7-12(10-2-1-5-21-16(10)15(11)20)22-17(23)13-8-3-4-9(6-8)14(13)18(22)24/h1-5,7-9,13-14H,6H2. The normalized spacial score (nSPS) is 30.7. The van der Waals surface area contributed by atoms with Gasteiger partial charge < -0.3 is 0 Å². The van der Waals surface area contributed by atoms with Gasteiger partial charge in [-0.2, -0.15) is 0 Å². The second-order valence-corrected chi connectivity index (χ2v) is 7.39. The Balaban J connectivity index is 1.71. The molecule has 1 saturated heterocycles. The average molecular weight is 359 g/mol. The van der Waals surface area contributed by atoms with Crippen LogP contribution in [0.4, 0.5) is 5.69 Å². The summed E-state index contributed by atoms with van der Waals surface area (Å²) in [6.45, 7) is 0. The summed E-state index contributed by atoms with van der Waals surface area (Å²) in [6, 6.07) is 5.16. The molecule has 1 saturated carbocycles. The molecule has 2 bridgehead atoms. The van der Waals surface area contributed by atoms with Crippen molar-refractivity contribution in [3.8, 4) is 0 Å². The van der Waals surface area contributed by atoms with Gasteiger partial charge in [0, 0.05) is 11.6 Å². The van der Waals surface area contributed by atoms with E-state index in [1.165, 1.54) is 4.90 Å². The highest BCUT2D eigenvalue weighted by Gasteiger charge is 2.59. The molecule has 24 heavy (non-hydrogen) atoms. The van der Waals surface area contributed by atoms with Gasteiger partial charge >= 0.3 is 0 Å². The summed E-state index contributed by atoms with van der Waals surface area (Å²) in [5, 5.41) is 1.28. The number of fused-ring (bicyclic) bond motifs is 6. The van der Waals surface area contributed by atoms with Crippen molar-refractivity contribution >= 4 is 51.6 Å². The summed E-state index contributed by atoms with van der Waals surface area (Å²) in [5.74, 6) is -0.402. The van der Waals surface area contributed by atoms with Crippen LogP contribution in [0.3, 0.4) is 0 Å². The van der Waals surface area contributed by atoms with Crippen LogP contribution >= 0.6 is 23.2 Å². The number of imide groups is 1. The fourth-order valence-electron chi connectivity index (χ4n) is 4.49. The van der Waals surface area contributed by atoms with Crippen molar-refractivity contribution in [1.29, 1.82) is 0 Å². The highest BCUT2D eigenvalue weighted by Crippen LogP contribution is 2.54. The lowest BCUT2D eigenvalue weighted by atomic mass is 9.85. The van der Waals surface area contributed by atoms with Gasteiger partial charge in [-0.25, -0.2) is 4.90 Å². The molecule has 1 aliphatic heterocycles. The Morgan fingerprint density at radius 1 is 1.08 bits per heavy atom. The molecule has 2 amide bonds. The number of nitrogens with zero attached hydrogens (tertiary/aromatic N) is 2. The lowest BCUT2D eigenvalue weighted by molar-refractivity contribution is -0.123. The summed E-state index contributed by atoms with van der Waals surface area (Å²) in [5.41, 5.74) is 0.983. The van der Waals surface area contributed by atoms with Gasteiger partial charge in [0.05, 0.1) is 33.1 Å². The van der Waals surface area contributed by atoms with E-state index in [0.29, 0.717) is 21.6 Å². The molecule has 1 aromatic carbocycles. The molecule has 3 aliphatic rings. The van der Waals surface area contributed by atoms with Crippen LogP contribution in [0.1, 0.15) is 6.42 Å². The number of halogens is 2. The van der Waals surface area contributed by atoms with E-state index in [2.05, 4.69) is 17.1 Å². The second-order valence-electron chi connectivity index (χ2n) is 6.60. The van der Waals surface area contributed by atoms with Crippen LogP contribution in [-0.4, -0.2) is 16.8 Å². The predicted molar refractivity (Wildman–Crippen MR) is 92.0 cm³/mol. The molecule has 4 unspecified atom stereocenters. The number of amides is 2. The Kier molecular flexibility index (Phi) is 2.89. The van der Waals surface area contributed by atoms with Crippen LogP contribution in [0.15, 0.2) is 36.5 Å². The van der Waals surface area contributed by atoms with E-state index in [0.717, 1.165) is 6.42 Å². The third kappa shape index (κ3) is 1.68. The molecule has 0 N–H and O–H groups in total. The maximum absolute atomic E-state index is 13.0. The first-order valence-electron chi connectivity index (χ1n) is 7.87. The number of hydrogen-bond donors (Lipinski definition) is 0. The van der Waals surface area contributed by atoms with Crippen LogP contribution in [0.2, 0.25) is 10.0 Å². The molecule has 2 aromatic rings. The molecule has 6 heteroatoms. The fourth-order valence-corrected chi connectivity index (χ4v) is 4.88. The van der Waals surface area contributed by atoms with Gasteiger partial charge in [-0.15, -0.1) is 0 Å². The Labute approximate surface area is 148 Å². The zero-order valence-corrected chi connectivity index (χ0v) is 14.0. The molecule has 0 spiro atoms. The summed E-state index contributed by atoms with van der Waals surface area (Å²) in [6.07, 6.45) is 6.68. The molecule has 4 nitrogen and oxygen atoms in total. The molecule has 2 fully saturated rings. The van der Waals surface area contributed by atoms with Gasteiger partial charge in [0.15, 0.2) is 0 Å². The van der Waals surface area contributed by atoms with Crippen LogP contribution < -0.4 is 4.90 Å². The van der Waals surface area contributed by atoms with Crippen molar-refractivity contribution in [2.75, 3.05) is 4.90 Å². The monoisotopic (exact) mass is 358 g/mol. The van der Waals surface area contributed by atoms with Gasteiger partial charge in [0.1, 0.15) is 0 Å². The first-order valence-corrected chi connectivity index (χ1v) is 8.62. The van der Waals surface area contributed by atoms with E-state index in [-0.39, 0.29) is 40.5 Å². The third-order valence-corrected chi connectivity index (χ3v) is 6.25. The Morgan fingerprint density at radius 3 is 2.42 bits per heavy atom. The Hall–Kier alpha value is -1.91. The van der Waals surface area contributed by atoms with Crippen molar-refractivity contribution in [3.63, 3.8) is 0 Å². The topological polar surface area (TPSA) is 50.3 Å². The van der Waals surface area contributed by atoms with Crippen LogP contribution in [0.25, 0.3) is 10.9 Å². The number of hydrogen-bond acceptors (Lipinski definition) is 3. The van der Waals surface area contributed by atoms with Crippen LogP contribution in [0, 0.1) is 23.7 Å². The van der Waals surface area contributed by atoms with E-state index in [1.54, 1.807) is 24.4 Å². The SMILES string of the molecule is O=C1C2C3C=CC(C3)C2C(=O)N1c1cc(Cl)c(Cl)c2ncccc12. The zero-order valence-electron chi connectivity index (χ0n) is 12.4. The van der Waals surface area contributed by atoms with E-state index in [4.69, 9.17) is 23.2 Å². The molecule has 5 rings (SSSR count). The maximum Gasteiger partial charge on any atom is 0.238 e. The van der Waals surface area contributed by atoms with Gasteiger partial charge in [0.25, 0.3) is 0 Å². The number of allylic oxidation sites excluding steroid dienone is 2. The first kappa shape index (κ1) is 14.4. The van der Waals surface area contributed by atoms with Gasteiger partial charge in [0.2, 0.25) is 11.8 Å². The smallest absolute Gasteiger partial charge is 0.238 e. The van der Waals surface area contributed by atoms with E-state index >= 15 is 0 Å². The van der Waals surface area contributed by atoms with Gasteiger partial charge in [-0.1, -0.05) is 35.4 Å². The molecule has 1 aromatic heterocycles. The number of rotatable bonds is 1. The highest BCUT2D eigenvalue weighted by atomic mass is 35.5. The Bertz CT molecular complexity index is 925. The molecular weight excluding hydrogens is 347 g/mol. The van der Waals surface area contributed by atoms with E-state index in [9.17, 15) is 9.59 Å². The molecule has 0 radical (unpaired) electrons. The van der Waals surface area contributed by atoms with Gasteiger partial charge in [-0.05, 0) is 36.5 Å². The molecule has 4 atom stereocenters. The molecule has 2 heterocycles. The minimum atomic E-state index is -0.242. The number of anilines is 1. The quantitative estimate of drug-likeness (QED) is 0.574. The number of pyridine rings is 1. The molecule has 120 valence electrons. The Morgan fingerprint density at radius 2 is 1.75 bits per heavy atom. The minimum absolute atomic E-state index is 0.134. The molecular formula is C18H12Cl2N2O2. The van der Waals surface area contributed by atoms with Crippen LogP contribution in [-0.2, 0) is 9.59 Å². The van der Waals surface area contributed by atoms with Gasteiger partial charge in [-0.3, -0.25) is 14.6 Å². The van der Waals surface area contributed by atoms with Crippen molar-refractivity contribution in [3.05, 3.63) is 46.6 Å². The summed E-state index contributed by atoms with van der Waals surface area (Å²) in [7, 11) is 0. The van der Waals surface area contributed by atoms with Crippen molar-refractivity contribution in [2.24, 2.45) is 23.7 Å². The minimum Gasteiger partial charge on any atom is -0.274 e. The number of aromatic nitrogens is 1. The highest BCUT2D eigenvalue weighted by molar-refractivity contribution is 6.46. The lowest BCUT2D eigenvalue weighted by Crippen LogP contribution is -2.33. The number of benzene rings is 1. The average Bonchev–Trinajstić information content (AvgIpc) is 3.26. The van der Waals surface area contributed by atoms with E-state index in [1.807, 2.05) is 0 Å². The van der Waals surface area contributed by atoms with Crippen molar-refractivity contribution < 1.29 is 9.59 Å². The number of carbonyl (C=O) groups excluding carboxylic acids is 2. The predicted octanol–water partition coefficient (Wildman–Crippen LogP) is 3.85. The summed E-state index contributed by atoms with van der Waals surface area (Å²) < 4.78 is 0. The number of carbonyl (C=O) groups is 2. The van der Waals surface area contributed by atoms with Crippen molar-refractivity contribution in [1.82, 2.24) is 4.98 Å². The largest absolute Gasteiger partial charge is 0.274 e. The van der Waals surface area contributed by atoms with E-state index < -0.39 is 0 Å². The third-order valence-electron chi connectivity index (χ3n) is 5.48. The van der Waals surface area contributed by atoms with Crippen LogP contribution in [0.5, 0.6) is 0 Å². The second kappa shape index (κ2) is 4.80. The lowest BCUT2D eigenvalue weighted by Gasteiger charge is -2.20. The fraction of sp³-hybridized carbons (Fsp3) is 0.278. The van der Waals surface area contributed by atoms with Crippen molar-refractivity contribution in [2.45, 2.75) is 6.42 Å². The zero-order chi connectivity index (χ0) is 16.6. The molecule has 2 aliphatic carbocycles. The summed E-state index contributed by atoms with van der Waals surface area (Å²) in [4.78, 5) is 31.6. The first-order chi connectivity index (χ1) is 11.6.